The van der Waals surface area contributed by atoms with Gasteiger partial charge in [0.15, 0.2) is 0 Å². The summed E-state index contributed by atoms with van der Waals surface area (Å²) in [5.41, 5.74) is 1.02. The zero-order valence-electron chi connectivity index (χ0n) is 14.4. The predicted octanol–water partition coefficient (Wildman–Crippen LogP) is 2.26. The van der Waals surface area contributed by atoms with Crippen LogP contribution < -0.4 is 10.7 Å². The van der Waals surface area contributed by atoms with Gasteiger partial charge in [-0.15, -0.1) is 0 Å². The minimum Gasteiger partial charge on any atom is -0.493 e. The number of ether oxygens (including phenoxy) is 1. The second-order valence-corrected chi connectivity index (χ2v) is 12.5. The molecule has 140 valence electrons. The number of nitrogens with one attached hydrogen (secondary N) is 2. The number of hydrogen-bond donors (Lipinski definition) is 4. The van der Waals surface area contributed by atoms with Crippen LogP contribution in [0.4, 0.5) is 13.2 Å². The van der Waals surface area contributed by atoms with Crippen LogP contribution in [-0.2, 0) is 4.74 Å². The molecule has 1 heterocycles. The molecule has 0 fully saturated rings. The molecule has 0 saturated heterocycles. The van der Waals surface area contributed by atoms with Gasteiger partial charge >= 0.3 is 6.18 Å². The van der Waals surface area contributed by atoms with Crippen molar-refractivity contribution >= 4 is 8.07 Å². The Labute approximate surface area is 141 Å². The fraction of sp³-hybridized carbons (Fsp3) is 0.714. The molecule has 1 rings (SSSR count). The first-order valence-electron chi connectivity index (χ1n) is 7.65. The van der Waals surface area contributed by atoms with Gasteiger partial charge in [0.05, 0.1) is 12.3 Å². The van der Waals surface area contributed by atoms with Crippen molar-refractivity contribution in [3.63, 3.8) is 0 Å². The Morgan fingerprint density at radius 3 is 2.50 bits per heavy atom. The Morgan fingerprint density at radius 2 is 2.00 bits per heavy atom. The molecule has 1 unspecified atom stereocenters. The van der Waals surface area contributed by atoms with E-state index in [1.165, 1.54) is 6.92 Å². The van der Waals surface area contributed by atoms with Gasteiger partial charge in [0.2, 0.25) is 5.88 Å². The maximum atomic E-state index is 13.3. The normalized spacial score (nSPS) is 17.5. The van der Waals surface area contributed by atoms with Crippen LogP contribution in [-0.4, -0.2) is 55.5 Å². The molecular weight excluding hydrogens is 343 g/mol. The molecule has 0 bridgehead atoms. The average molecular weight is 369 g/mol. The zero-order valence-corrected chi connectivity index (χ0v) is 15.4. The van der Waals surface area contributed by atoms with E-state index in [0.29, 0.717) is 6.61 Å². The number of rotatable bonds is 8. The predicted molar refractivity (Wildman–Crippen MR) is 87.4 cm³/mol. The van der Waals surface area contributed by atoms with E-state index in [-0.39, 0.29) is 19.0 Å². The monoisotopic (exact) mass is 369 g/mol. The Bertz CT molecular complexity index is 490. The maximum absolute atomic E-state index is 13.3. The summed E-state index contributed by atoms with van der Waals surface area (Å²) in [5.74, 6) is -0.967. The standard InChI is InChI=1S/C14H26F3N3O3Si/c1-10(8-21)19-11-7-18-20(9-23-5-6-24(2,3)4)13(22)12(11)14(15,16)17/h7,10,18-19,21-22H,5-6,8-9H2,1-4H3. The second kappa shape index (κ2) is 8.12. The van der Waals surface area contributed by atoms with E-state index in [9.17, 15) is 18.3 Å². The number of nitrogens with zero attached hydrogens (tertiary/aromatic N) is 1. The first-order chi connectivity index (χ1) is 11.0. The number of aliphatic hydroxyl groups excluding tert-OH is 2. The highest BCUT2D eigenvalue weighted by atomic mass is 28.3. The molecule has 1 aliphatic rings. The zero-order chi connectivity index (χ0) is 18.5. The third-order valence-corrected chi connectivity index (χ3v) is 4.99. The molecule has 10 heteroatoms. The van der Waals surface area contributed by atoms with E-state index in [2.05, 4.69) is 30.4 Å². The summed E-state index contributed by atoms with van der Waals surface area (Å²) >= 11 is 0. The van der Waals surface area contributed by atoms with Gasteiger partial charge in [-0.2, -0.15) is 13.2 Å². The van der Waals surface area contributed by atoms with Crippen LogP contribution in [0.15, 0.2) is 23.4 Å². The smallest absolute Gasteiger partial charge is 0.423 e. The maximum Gasteiger partial charge on any atom is 0.423 e. The molecule has 0 aromatic rings. The fourth-order valence-electron chi connectivity index (χ4n) is 1.87. The lowest BCUT2D eigenvalue weighted by atomic mass is 10.1. The number of halogens is 3. The summed E-state index contributed by atoms with van der Waals surface area (Å²) in [6, 6.07) is 0.274. The highest BCUT2D eigenvalue weighted by molar-refractivity contribution is 6.76. The Hall–Kier alpha value is -1.39. The van der Waals surface area contributed by atoms with Crippen molar-refractivity contribution in [3.8, 4) is 0 Å². The van der Waals surface area contributed by atoms with Gasteiger partial charge < -0.3 is 20.3 Å². The van der Waals surface area contributed by atoms with Gasteiger partial charge in [-0.05, 0) is 13.0 Å². The average Bonchev–Trinajstić information content (AvgIpc) is 2.42. The lowest BCUT2D eigenvalue weighted by Gasteiger charge is -2.32. The molecule has 0 aromatic carbocycles. The Balaban J connectivity index is 2.80. The first kappa shape index (κ1) is 20.7. The van der Waals surface area contributed by atoms with E-state index < -0.39 is 31.7 Å². The van der Waals surface area contributed by atoms with Gasteiger partial charge in [-0.1, -0.05) is 19.6 Å². The summed E-state index contributed by atoms with van der Waals surface area (Å²) in [5, 5.41) is 22.4. The van der Waals surface area contributed by atoms with Crippen molar-refractivity contribution in [1.29, 1.82) is 0 Å². The second-order valence-electron chi connectivity index (χ2n) is 6.89. The minimum absolute atomic E-state index is 0.213. The highest BCUT2D eigenvalue weighted by Gasteiger charge is 2.43. The fourth-order valence-corrected chi connectivity index (χ4v) is 2.62. The molecule has 0 aromatic heterocycles. The van der Waals surface area contributed by atoms with Crippen LogP contribution in [0.2, 0.25) is 25.7 Å². The largest absolute Gasteiger partial charge is 0.493 e. The molecule has 1 aliphatic heterocycles. The molecule has 4 N–H and O–H groups in total. The molecule has 1 atom stereocenters. The van der Waals surface area contributed by atoms with Crippen LogP contribution in [0.5, 0.6) is 0 Å². The highest BCUT2D eigenvalue weighted by Crippen LogP contribution is 2.34. The summed E-state index contributed by atoms with van der Waals surface area (Å²) in [6.07, 6.45) is -3.66. The number of alkyl halides is 3. The van der Waals surface area contributed by atoms with Gasteiger partial charge in [0.25, 0.3) is 0 Å². The summed E-state index contributed by atoms with van der Waals surface area (Å²) in [6.45, 7) is 7.88. The molecule has 0 amide bonds. The van der Waals surface area contributed by atoms with Crippen LogP contribution in [0, 0.1) is 0 Å². The molecular formula is C14H26F3N3O3Si. The van der Waals surface area contributed by atoms with Crippen molar-refractivity contribution < 1.29 is 28.1 Å². The molecule has 0 saturated carbocycles. The van der Waals surface area contributed by atoms with Crippen molar-refractivity contribution in [1.82, 2.24) is 15.8 Å². The Kier molecular flexibility index (Phi) is 6.99. The third kappa shape index (κ3) is 6.25. The van der Waals surface area contributed by atoms with Crippen LogP contribution in [0.3, 0.4) is 0 Å². The van der Waals surface area contributed by atoms with E-state index in [0.717, 1.165) is 17.3 Å². The number of hydrazine groups is 1. The minimum atomic E-state index is -4.75. The number of aliphatic hydroxyl groups is 2. The quantitative estimate of drug-likeness (QED) is 0.388. The van der Waals surface area contributed by atoms with Crippen molar-refractivity contribution in [3.05, 3.63) is 23.4 Å². The SMILES string of the molecule is CC(CO)NC1=CNN(COCC[Si](C)(C)C)C(O)=C1C(F)(F)F. The topological polar surface area (TPSA) is 77.0 Å². The lowest BCUT2D eigenvalue weighted by molar-refractivity contribution is -0.0999. The van der Waals surface area contributed by atoms with Gasteiger partial charge in [-0.3, -0.25) is 5.43 Å². The number of allylic oxidation sites excluding steroid dienone is 1. The van der Waals surface area contributed by atoms with E-state index >= 15 is 0 Å². The van der Waals surface area contributed by atoms with Crippen molar-refractivity contribution in [2.24, 2.45) is 0 Å². The molecule has 0 radical (unpaired) electrons. The van der Waals surface area contributed by atoms with Crippen molar-refractivity contribution in [2.75, 3.05) is 19.9 Å². The van der Waals surface area contributed by atoms with E-state index in [4.69, 9.17) is 9.84 Å². The molecule has 24 heavy (non-hydrogen) atoms. The summed E-state index contributed by atoms with van der Waals surface area (Å²) in [4.78, 5) is 0. The van der Waals surface area contributed by atoms with Crippen molar-refractivity contribution in [2.45, 2.75) is 44.8 Å². The number of hydrogen-bond acceptors (Lipinski definition) is 6. The summed E-state index contributed by atoms with van der Waals surface area (Å²) < 4.78 is 45.2. The molecule has 0 aliphatic carbocycles. The molecule has 0 spiro atoms. The molecule has 6 nitrogen and oxygen atoms in total. The van der Waals surface area contributed by atoms with Crippen LogP contribution >= 0.6 is 0 Å². The third-order valence-electron chi connectivity index (χ3n) is 3.29. The van der Waals surface area contributed by atoms with Crippen LogP contribution in [0.25, 0.3) is 0 Å². The van der Waals surface area contributed by atoms with Crippen LogP contribution in [0.1, 0.15) is 6.92 Å². The van der Waals surface area contributed by atoms with E-state index in [1.54, 1.807) is 0 Å². The first-order valence-corrected chi connectivity index (χ1v) is 11.4. The Morgan fingerprint density at radius 1 is 1.38 bits per heavy atom. The van der Waals surface area contributed by atoms with Gasteiger partial charge in [-0.25, -0.2) is 5.01 Å². The van der Waals surface area contributed by atoms with Gasteiger partial charge in [0, 0.05) is 26.9 Å². The lowest BCUT2D eigenvalue weighted by Crippen LogP contribution is -2.45. The van der Waals surface area contributed by atoms with Gasteiger partial charge in [0.1, 0.15) is 12.3 Å². The van der Waals surface area contributed by atoms with E-state index in [1.807, 2.05) is 0 Å². The summed E-state index contributed by atoms with van der Waals surface area (Å²) in [7, 11) is -1.30.